The molecule has 0 unspecified atom stereocenters. The number of fused-ring (bicyclic) bond motifs is 1. The number of nitrogens with zero attached hydrogens (tertiary/aromatic N) is 6. The van der Waals surface area contributed by atoms with E-state index in [1.165, 1.54) is 11.1 Å². The van der Waals surface area contributed by atoms with Gasteiger partial charge in [0, 0.05) is 24.5 Å². The smallest absolute Gasteiger partial charge is 0.232 e. The van der Waals surface area contributed by atoms with E-state index in [1.54, 1.807) is 6.20 Å². The standard InChI is InChI=1S/C22H20N6/c1-15-4-6-17(7-5-15)21-22(18-8-10-24-19(13-23)25-18)28-11-9-16(14-27(2)3)12-20(28)26-21/h4-12H,14H2,1-3H3. The monoisotopic (exact) mass is 368 g/mol. The highest BCUT2D eigenvalue weighted by atomic mass is 15.1. The van der Waals surface area contributed by atoms with Gasteiger partial charge in [0.2, 0.25) is 5.82 Å². The summed E-state index contributed by atoms with van der Waals surface area (Å²) in [5, 5.41) is 9.21. The van der Waals surface area contributed by atoms with Gasteiger partial charge in [-0.1, -0.05) is 29.8 Å². The molecule has 3 heterocycles. The molecule has 0 saturated heterocycles. The topological polar surface area (TPSA) is 70.1 Å². The number of imidazole rings is 1. The van der Waals surface area contributed by atoms with E-state index < -0.39 is 0 Å². The Kier molecular flexibility index (Phi) is 4.60. The van der Waals surface area contributed by atoms with Gasteiger partial charge >= 0.3 is 0 Å². The Morgan fingerprint density at radius 2 is 1.86 bits per heavy atom. The Morgan fingerprint density at radius 3 is 2.57 bits per heavy atom. The molecule has 4 aromatic rings. The van der Waals surface area contributed by atoms with Crippen LogP contribution in [0.5, 0.6) is 0 Å². The van der Waals surface area contributed by atoms with Crippen molar-refractivity contribution in [3.05, 3.63) is 71.8 Å². The molecule has 4 rings (SSSR count). The zero-order chi connectivity index (χ0) is 19.7. The summed E-state index contributed by atoms with van der Waals surface area (Å²) in [6, 6.07) is 16.3. The predicted molar refractivity (Wildman–Crippen MR) is 108 cm³/mol. The maximum atomic E-state index is 9.21. The van der Waals surface area contributed by atoms with E-state index in [2.05, 4.69) is 58.2 Å². The summed E-state index contributed by atoms with van der Waals surface area (Å²) in [5.41, 5.74) is 6.60. The fourth-order valence-electron chi connectivity index (χ4n) is 3.25. The first-order valence-electron chi connectivity index (χ1n) is 9.01. The molecule has 0 aliphatic rings. The molecule has 138 valence electrons. The number of aryl methyl sites for hydroxylation is 1. The van der Waals surface area contributed by atoms with E-state index in [0.717, 1.165) is 29.1 Å². The lowest BCUT2D eigenvalue weighted by Crippen LogP contribution is -2.10. The number of pyridine rings is 1. The van der Waals surface area contributed by atoms with E-state index in [9.17, 15) is 5.26 Å². The second kappa shape index (κ2) is 7.22. The van der Waals surface area contributed by atoms with Crippen molar-refractivity contribution in [3.8, 4) is 28.7 Å². The minimum Gasteiger partial charge on any atom is -0.305 e. The van der Waals surface area contributed by atoms with Gasteiger partial charge in [0.1, 0.15) is 11.7 Å². The van der Waals surface area contributed by atoms with Crippen LogP contribution in [0.25, 0.3) is 28.3 Å². The largest absolute Gasteiger partial charge is 0.305 e. The SMILES string of the molecule is Cc1ccc(-c2nc3cc(CN(C)C)ccn3c2-c2ccnc(C#N)n2)cc1. The maximum Gasteiger partial charge on any atom is 0.232 e. The first-order valence-corrected chi connectivity index (χ1v) is 9.01. The van der Waals surface area contributed by atoms with Crippen molar-refractivity contribution >= 4 is 5.65 Å². The minimum absolute atomic E-state index is 0.145. The zero-order valence-corrected chi connectivity index (χ0v) is 16.1. The Balaban J connectivity index is 1.97. The number of nitriles is 1. The van der Waals surface area contributed by atoms with Crippen LogP contribution in [0.4, 0.5) is 0 Å². The van der Waals surface area contributed by atoms with E-state index in [1.807, 2.05) is 36.8 Å². The lowest BCUT2D eigenvalue weighted by atomic mass is 10.1. The summed E-state index contributed by atoms with van der Waals surface area (Å²) in [6.07, 6.45) is 3.63. The average Bonchev–Trinajstić information content (AvgIpc) is 3.06. The molecule has 6 heteroatoms. The summed E-state index contributed by atoms with van der Waals surface area (Å²) >= 11 is 0. The molecule has 0 radical (unpaired) electrons. The maximum absolute atomic E-state index is 9.21. The van der Waals surface area contributed by atoms with Gasteiger partial charge in [-0.15, -0.1) is 0 Å². The van der Waals surface area contributed by atoms with Gasteiger partial charge < -0.3 is 4.90 Å². The average molecular weight is 368 g/mol. The first-order chi connectivity index (χ1) is 13.5. The van der Waals surface area contributed by atoms with E-state index in [4.69, 9.17) is 4.98 Å². The summed E-state index contributed by atoms with van der Waals surface area (Å²) < 4.78 is 2.03. The van der Waals surface area contributed by atoms with Crippen LogP contribution in [0.3, 0.4) is 0 Å². The van der Waals surface area contributed by atoms with Gasteiger partial charge in [0.25, 0.3) is 0 Å². The second-order valence-corrected chi connectivity index (χ2v) is 7.05. The highest BCUT2D eigenvalue weighted by Crippen LogP contribution is 2.32. The fourth-order valence-corrected chi connectivity index (χ4v) is 3.25. The van der Waals surface area contributed by atoms with E-state index in [0.29, 0.717) is 5.69 Å². The fraction of sp³-hybridized carbons (Fsp3) is 0.182. The van der Waals surface area contributed by atoms with Crippen LogP contribution in [-0.4, -0.2) is 38.3 Å². The molecule has 0 N–H and O–H groups in total. The van der Waals surface area contributed by atoms with E-state index >= 15 is 0 Å². The van der Waals surface area contributed by atoms with Crippen LogP contribution < -0.4 is 0 Å². The lowest BCUT2D eigenvalue weighted by Gasteiger charge is -2.10. The van der Waals surface area contributed by atoms with Crippen molar-refractivity contribution in [2.75, 3.05) is 14.1 Å². The van der Waals surface area contributed by atoms with Crippen molar-refractivity contribution in [2.24, 2.45) is 0 Å². The van der Waals surface area contributed by atoms with Gasteiger partial charge in [0.05, 0.1) is 17.1 Å². The molecular weight excluding hydrogens is 348 g/mol. The molecule has 0 atom stereocenters. The molecule has 0 saturated carbocycles. The minimum atomic E-state index is 0.145. The second-order valence-electron chi connectivity index (χ2n) is 7.05. The number of hydrogen-bond acceptors (Lipinski definition) is 5. The lowest BCUT2D eigenvalue weighted by molar-refractivity contribution is 0.402. The molecule has 0 spiro atoms. The van der Waals surface area contributed by atoms with Crippen molar-refractivity contribution < 1.29 is 0 Å². The molecule has 28 heavy (non-hydrogen) atoms. The van der Waals surface area contributed by atoms with Crippen LogP contribution in [0, 0.1) is 18.3 Å². The van der Waals surface area contributed by atoms with Gasteiger partial charge in [-0.3, -0.25) is 4.40 Å². The van der Waals surface area contributed by atoms with Gasteiger partial charge in [-0.2, -0.15) is 5.26 Å². The number of rotatable bonds is 4. The van der Waals surface area contributed by atoms with Crippen molar-refractivity contribution in [3.63, 3.8) is 0 Å². The molecule has 0 aliphatic heterocycles. The Bertz CT molecular complexity index is 1180. The number of hydrogen-bond donors (Lipinski definition) is 0. The summed E-state index contributed by atoms with van der Waals surface area (Å²) in [4.78, 5) is 15.5. The normalized spacial score (nSPS) is 11.1. The summed E-state index contributed by atoms with van der Waals surface area (Å²) in [5.74, 6) is 0.145. The molecular formula is C22H20N6. The third kappa shape index (κ3) is 3.36. The molecule has 0 fully saturated rings. The Hall–Kier alpha value is -3.56. The highest BCUT2D eigenvalue weighted by molar-refractivity contribution is 5.80. The van der Waals surface area contributed by atoms with Crippen LogP contribution in [0.1, 0.15) is 17.0 Å². The third-order valence-corrected chi connectivity index (χ3v) is 4.51. The quantitative estimate of drug-likeness (QED) is 0.549. The third-order valence-electron chi connectivity index (χ3n) is 4.51. The summed E-state index contributed by atoms with van der Waals surface area (Å²) in [7, 11) is 4.09. The molecule has 0 bridgehead atoms. The van der Waals surface area contributed by atoms with E-state index in [-0.39, 0.29) is 5.82 Å². The molecule has 3 aromatic heterocycles. The highest BCUT2D eigenvalue weighted by Gasteiger charge is 2.18. The number of benzene rings is 1. The predicted octanol–water partition coefficient (Wildman–Crippen LogP) is 3.70. The van der Waals surface area contributed by atoms with Gasteiger partial charge in [0.15, 0.2) is 0 Å². The van der Waals surface area contributed by atoms with Crippen LogP contribution in [-0.2, 0) is 6.54 Å². The molecule has 1 aromatic carbocycles. The zero-order valence-electron chi connectivity index (χ0n) is 16.1. The first kappa shape index (κ1) is 17.8. The van der Waals surface area contributed by atoms with Gasteiger partial charge in [-0.05, 0) is 44.8 Å². The van der Waals surface area contributed by atoms with Gasteiger partial charge in [-0.25, -0.2) is 15.0 Å². The van der Waals surface area contributed by atoms with Crippen molar-refractivity contribution in [1.82, 2.24) is 24.3 Å². The number of aromatic nitrogens is 4. The Morgan fingerprint density at radius 1 is 1.07 bits per heavy atom. The molecule has 6 nitrogen and oxygen atoms in total. The van der Waals surface area contributed by atoms with Crippen LogP contribution in [0.2, 0.25) is 0 Å². The molecule has 0 amide bonds. The van der Waals surface area contributed by atoms with Crippen LogP contribution in [0.15, 0.2) is 54.9 Å². The summed E-state index contributed by atoms with van der Waals surface area (Å²) in [6.45, 7) is 2.90. The molecule has 0 aliphatic carbocycles. The van der Waals surface area contributed by atoms with Crippen LogP contribution >= 0.6 is 0 Å². The Labute approximate surface area is 163 Å². The van der Waals surface area contributed by atoms with Crippen molar-refractivity contribution in [2.45, 2.75) is 13.5 Å². The van der Waals surface area contributed by atoms with Crippen molar-refractivity contribution in [1.29, 1.82) is 5.26 Å².